The average Bonchev–Trinajstić information content (AvgIpc) is 3.46. The molecule has 0 fully saturated rings. The number of rotatable bonds is 33. The SMILES string of the molecule is CCCOc1ccc(-c2cc(OCOCCOC)cc(-c3ccc(OCCCO)c(F)c3)c2)cc1.CCCOc1ccc(-c2cc(OCOCCOC)cc(-c3ccc(OCCCOCc4ccccc4)c(F)c3)c2)cc1. The maximum Gasteiger partial charge on any atom is 0.189 e. The molecule has 0 saturated heterocycles. The average molecular weight is 1060 g/mol. The Morgan fingerprint density at radius 2 is 0.805 bits per heavy atom. The Bertz CT molecular complexity index is 2760. The summed E-state index contributed by atoms with van der Waals surface area (Å²) in [6.45, 7) is 9.12. The Hall–Kier alpha value is -7.04. The number of hydrogen-bond donors (Lipinski definition) is 1. The topological polar surface area (TPSA) is 122 Å². The lowest BCUT2D eigenvalue weighted by Gasteiger charge is -2.14. The van der Waals surface area contributed by atoms with Crippen molar-refractivity contribution in [1.82, 2.24) is 0 Å². The van der Waals surface area contributed by atoms with Gasteiger partial charge in [0.1, 0.15) is 23.0 Å². The second-order valence-electron chi connectivity index (χ2n) is 17.5. The van der Waals surface area contributed by atoms with E-state index in [1.807, 2.05) is 121 Å². The van der Waals surface area contributed by atoms with Crippen LogP contribution in [0.2, 0.25) is 0 Å². The van der Waals surface area contributed by atoms with Crippen LogP contribution in [0, 0.1) is 11.6 Å². The van der Waals surface area contributed by atoms with Crippen LogP contribution < -0.4 is 28.4 Å². The molecule has 0 radical (unpaired) electrons. The van der Waals surface area contributed by atoms with Crippen molar-refractivity contribution in [2.45, 2.75) is 46.1 Å². The van der Waals surface area contributed by atoms with Crippen molar-refractivity contribution in [3.8, 4) is 79.0 Å². The quantitative estimate of drug-likeness (QED) is 0.0311. The Kier molecular flexibility index (Phi) is 26.1. The van der Waals surface area contributed by atoms with Gasteiger partial charge < -0.3 is 57.2 Å². The highest BCUT2D eigenvalue weighted by Crippen LogP contribution is 2.36. The summed E-state index contributed by atoms with van der Waals surface area (Å²) in [6.07, 6.45) is 2.99. The molecule has 0 saturated carbocycles. The van der Waals surface area contributed by atoms with Crippen LogP contribution >= 0.6 is 0 Å². The van der Waals surface area contributed by atoms with Gasteiger partial charge in [-0.2, -0.15) is 0 Å². The molecule has 0 heterocycles. The van der Waals surface area contributed by atoms with Crippen molar-refractivity contribution in [3.63, 3.8) is 0 Å². The first kappa shape index (κ1) is 59.2. The summed E-state index contributed by atoms with van der Waals surface area (Å²) in [6, 6.07) is 47.2. The van der Waals surface area contributed by atoms with E-state index >= 15 is 4.39 Å². The Morgan fingerprint density at radius 1 is 0.364 bits per heavy atom. The van der Waals surface area contributed by atoms with Gasteiger partial charge in [-0.15, -0.1) is 0 Å². The molecule has 0 unspecified atom stereocenters. The molecule has 7 aromatic rings. The molecule has 77 heavy (non-hydrogen) atoms. The molecule has 410 valence electrons. The van der Waals surface area contributed by atoms with Crippen LogP contribution in [0.1, 0.15) is 45.1 Å². The third-order valence-corrected chi connectivity index (χ3v) is 11.5. The van der Waals surface area contributed by atoms with Gasteiger partial charge in [-0.25, -0.2) is 8.78 Å². The third kappa shape index (κ3) is 20.5. The maximum absolute atomic E-state index is 15.1. The van der Waals surface area contributed by atoms with Crippen LogP contribution in [-0.2, 0) is 30.3 Å². The first-order chi connectivity index (χ1) is 37.8. The molecular formula is C63H72F2O12. The molecule has 0 atom stereocenters. The summed E-state index contributed by atoms with van der Waals surface area (Å²) in [5, 5.41) is 8.90. The van der Waals surface area contributed by atoms with E-state index in [9.17, 15) is 4.39 Å². The number of benzene rings is 7. The predicted octanol–water partition coefficient (Wildman–Crippen LogP) is 13.6. The molecule has 7 rings (SSSR count). The second kappa shape index (κ2) is 33.9. The lowest BCUT2D eigenvalue weighted by atomic mass is 9.98. The Morgan fingerprint density at radius 3 is 1.23 bits per heavy atom. The molecule has 0 aliphatic heterocycles. The normalized spacial score (nSPS) is 10.9. The summed E-state index contributed by atoms with van der Waals surface area (Å²) < 4.78 is 90.7. The molecule has 0 spiro atoms. The van der Waals surface area contributed by atoms with Crippen molar-refractivity contribution in [2.24, 2.45) is 0 Å². The molecule has 14 heteroatoms. The van der Waals surface area contributed by atoms with Crippen molar-refractivity contribution in [3.05, 3.63) is 169 Å². The Balaban J connectivity index is 0.000000254. The summed E-state index contributed by atoms with van der Waals surface area (Å²) in [5.74, 6) is 2.33. The number of ether oxygens (including phenoxy) is 11. The van der Waals surface area contributed by atoms with Crippen LogP contribution in [0.4, 0.5) is 8.78 Å². The smallest absolute Gasteiger partial charge is 0.189 e. The van der Waals surface area contributed by atoms with Crippen LogP contribution in [0.3, 0.4) is 0 Å². The molecule has 0 amide bonds. The van der Waals surface area contributed by atoms with Crippen LogP contribution in [0.5, 0.6) is 34.5 Å². The van der Waals surface area contributed by atoms with Gasteiger partial charge in [0.25, 0.3) is 0 Å². The molecule has 12 nitrogen and oxygen atoms in total. The lowest BCUT2D eigenvalue weighted by molar-refractivity contribution is -0.00853. The fraction of sp³-hybridized carbons (Fsp3) is 0.333. The van der Waals surface area contributed by atoms with E-state index in [2.05, 4.69) is 13.8 Å². The molecule has 0 aromatic heterocycles. The van der Waals surface area contributed by atoms with Crippen molar-refractivity contribution in [1.29, 1.82) is 0 Å². The fourth-order valence-electron chi connectivity index (χ4n) is 7.53. The zero-order valence-electron chi connectivity index (χ0n) is 44.6. The first-order valence-corrected chi connectivity index (χ1v) is 26.0. The van der Waals surface area contributed by atoms with Gasteiger partial charge in [0.05, 0.1) is 66.1 Å². The van der Waals surface area contributed by atoms with Gasteiger partial charge in [-0.05, 0) is 148 Å². The van der Waals surface area contributed by atoms with E-state index in [4.69, 9.17) is 57.2 Å². The van der Waals surface area contributed by atoms with Crippen LogP contribution in [0.25, 0.3) is 44.5 Å². The number of halogens is 2. The number of hydrogen-bond acceptors (Lipinski definition) is 12. The highest BCUT2D eigenvalue weighted by Gasteiger charge is 2.13. The predicted molar refractivity (Wildman–Crippen MR) is 296 cm³/mol. The molecular weight excluding hydrogens is 987 g/mol. The highest BCUT2D eigenvalue weighted by atomic mass is 19.1. The summed E-state index contributed by atoms with van der Waals surface area (Å²) >= 11 is 0. The van der Waals surface area contributed by atoms with Crippen molar-refractivity contribution in [2.75, 3.05) is 93.9 Å². The Labute approximate surface area is 452 Å². The minimum absolute atomic E-state index is 0.00381. The van der Waals surface area contributed by atoms with Gasteiger partial charge in [0.2, 0.25) is 0 Å². The van der Waals surface area contributed by atoms with Gasteiger partial charge >= 0.3 is 0 Å². The van der Waals surface area contributed by atoms with E-state index in [0.29, 0.717) is 94.9 Å². The van der Waals surface area contributed by atoms with E-state index in [1.165, 1.54) is 12.1 Å². The van der Waals surface area contributed by atoms with Gasteiger partial charge in [-0.1, -0.05) is 80.6 Å². The number of aliphatic hydroxyl groups is 1. The van der Waals surface area contributed by atoms with Crippen LogP contribution in [0.15, 0.2) is 152 Å². The fourth-order valence-corrected chi connectivity index (χ4v) is 7.53. The van der Waals surface area contributed by atoms with Gasteiger partial charge in [0.15, 0.2) is 36.7 Å². The third-order valence-electron chi connectivity index (χ3n) is 11.5. The molecule has 0 aliphatic rings. The molecule has 7 aromatic carbocycles. The van der Waals surface area contributed by atoms with Crippen molar-refractivity contribution < 1.29 is 66.0 Å². The highest BCUT2D eigenvalue weighted by molar-refractivity contribution is 5.77. The van der Waals surface area contributed by atoms with Gasteiger partial charge in [0, 0.05) is 33.7 Å². The van der Waals surface area contributed by atoms with E-state index < -0.39 is 11.6 Å². The van der Waals surface area contributed by atoms with E-state index in [0.717, 1.165) is 63.3 Å². The molecule has 0 aliphatic carbocycles. The van der Waals surface area contributed by atoms with Crippen LogP contribution in [-0.4, -0.2) is 99.0 Å². The largest absolute Gasteiger partial charge is 0.494 e. The summed E-state index contributed by atoms with van der Waals surface area (Å²) in [4.78, 5) is 0. The van der Waals surface area contributed by atoms with Crippen molar-refractivity contribution >= 4 is 0 Å². The van der Waals surface area contributed by atoms with E-state index in [-0.39, 0.29) is 38.3 Å². The number of aliphatic hydroxyl groups excluding tert-OH is 1. The second-order valence-corrected chi connectivity index (χ2v) is 17.5. The van der Waals surface area contributed by atoms with Gasteiger partial charge in [-0.3, -0.25) is 0 Å². The monoisotopic (exact) mass is 1060 g/mol. The first-order valence-electron chi connectivity index (χ1n) is 26.0. The minimum Gasteiger partial charge on any atom is -0.494 e. The zero-order valence-corrected chi connectivity index (χ0v) is 44.6. The molecule has 0 bridgehead atoms. The number of methoxy groups -OCH3 is 2. The lowest BCUT2D eigenvalue weighted by Crippen LogP contribution is -2.07. The standard InChI is InChI=1S/C35H39FO6.C28H33FO6/c1-3-16-40-32-13-10-28(11-14-32)30-21-31(23-33(22-30)42-26-39-20-19-37-2)29-12-15-35(34(36)24-29)41-18-7-17-38-25-27-8-5-4-6-9-27;1-3-12-33-25-8-5-21(6-9-25)23-16-24(18-26(17-23)35-20-32-15-14-31-2)22-7-10-28(27(29)19-22)34-13-4-11-30/h4-6,8-15,21-24H,3,7,16-20,25-26H2,1-2H3;5-10,16-19,30H,3-4,11-15,20H2,1-2H3. The summed E-state index contributed by atoms with van der Waals surface area (Å²) in [5.41, 5.74) is 7.93. The molecule has 1 N–H and O–H groups in total. The maximum atomic E-state index is 15.1. The zero-order chi connectivity index (χ0) is 54.3. The van der Waals surface area contributed by atoms with E-state index in [1.54, 1.807) is 32.4 Å². The minimum atomic E-state index is -0.464. The summed E-state index contributed by atoms with van der Waals surface area (Å²) in [7, 11) is 3.23.